The van der Waals surface area contributed by atoms with Gasteiger partial charge in [-0.1, -0.05) is 0 Å². The van der Waals surface area contributed by atoms with Crippen LogP contribution in [0.3, 0.4) is 0 Å². The highest BCUT2D eigenvalue weighted by atomic mass is 16.2. The first-order valence-electron chi connectivity index (χ1n) is 10.9. The molecule has 168 valence electrons. The van der Waals surface area contributed by atoms with Crippen molar-refractivity contribution in [2.75, 3.05) is 57.8 Å². The zero-order chi connectivity index (χ0) is 21.9. The average Bonchev–Trinajstić information content (AvgIpc) is 2.75. The average molecular weight is 419 g/mol. The zero-order valence-corrected chi connectivity index (χ0v) is 19.1. The van der Waals surface area contributed by atoms with Crippen LogP contribution in [0.25, 0.3) is 0 Å². The summed E-state index contributed by atoms with van der Waals surface area (Å²) in [4.78, 5) is 31.8. The third kappa shape index (κ3) is 7.44. The smallest absolute Gasteiger partial charge is 0.225 e. The van der Waals surface area contributed by atoms with Crippen LogP contribution in [0.15, 0.2) is 23.5 Å². The lowest BCUT2D eigenvalue weighted by atomic mass is 10.2. The predicted octanol–water partition coefficient (Wildman–Crippen LogP) is 0.799. The molecule has 1 aromatic heterocycles. The van der Waals surface area contributed by atoms with Crippen molar-refractivity contribution in [1.82, 2.24) is 30.4 Å². The second-order valence-corrected chi connectivity index (χ2v) is 8.02. The second kappa shape index (κ2) is 12.3. The van der Waals surface area contributed by atoms with E-state index in [0.29, 0.717) is 38.1 Å². The van der Waals surface area contributed by atoms with E-state index in [9.17, 15) is 4.79 Å². The van der Waals surface area contributed by atoms with Crippen molar-refractivity contribution < 1.29 is 4.79 Å². The molecule has 1 aliphatic rings. The van der Waals surface area contributed by atoms with E-state index in [0.717, 1.165) is 38.1 Å². The summed E-state index contributed by atoms with van der Waals surface area (Å²) in [6.07, 6.45) is 3.94. The fraction of sp³-hybridized carbons (Fsp3) is 0.714. The largest absolute Gasteiger partial charge is 0.356 e. The molecule has 0 radical (unpaired) electrons. The quantitative estimate of drug-likeness (QED) is 0.453. The summed E-state index contributed by atoms with van der Waals surface area (Å²) in [5.41, 5.74) is 0. The molecular formula is C21H38N8O. The van der Waals surface area contributed by atoms with Crippen molar-refractivity contribution in [1.29, 1.82) is 0 Å². The Kier molecular flexibility index (Phi) is 9.79. The van der Waals surface area contributed by atoms with Crippen LogP contribution in [0.4, 0.5) is 5.95 Å². The van der Waals surface area contributed by atoms with Crippen molar-refractivity contribution >= 4 is 17.8 Å². The summed E-state index contributed by atoms with van der Waals surface area (Å²) in [6.45, 7) is 14.1. The first-order chi connectivity index (χ1) is 14.4. The molecule has 2 N–H and O–H groups in total. The lowest BCUT2D eigenvalue weighted by Gasteiger charge is -2.34. The molecule has 30 heavy (non-hydrogen) atoms. The first-order valence-corrected chi connectivity index (χ1v) is 10.9. The molecule has 0 aromatic carbocycles. The third-order valence-corrected chi connectivity index (χ3v) is 5.31. The maximum absolute atomic E-state index is 12.5. The molecule has 9 nitrogen and oxygen atoms in total. The number of nitrogens with one attached hydrogen (secondary N) is 2. The predicted molar refractivity (Wildman–Crippen MR) is 122 cm³/mol. The van der Waals surface area contributed by atoms with E-state index in [1.165, 1.54) is 0 Å². The van der Waals surface area contributed by atoms with Crippen molar-refractivity contribution in [2.24, 2.45) is 4.99 Å². The molecule has 1 saturated heterocycles. The molecule has 0 saturated carbocycles. The molecule has 1 fully saturated rings. The van der Waals surface area contributed by atoms with Crippen molar-refractivity contribution in [3.63, 3.8) is 0 Å². The maximum Gasteiger partial charge on any atom is 0.225 e. The molecule has 1 amide bonds. The van der Waals surface area contributed by atoms with E-state index < -0.39 is 0 Å². The summed E-state index contributed by atoms with van der Waals surface area (Å²) in [5, 5.41) is 6.59. The normalized spacial score (nSPS) is 15.3. The van der Waals surface area contributed by atoms with Crippen molar-refractivity contribution in [3.05, 3.63) is 18.5 Å². The summed E-state index contributed by atoms with van der Waals surface area (Å²) >= 11 is 0. The number of piperazine rings is 1. The fourth-order valence-corrected chi connectivity index (χ4v) is 3.69. The highest BCUT2D eigenvalue weighted by Crippen LogP contribution is 2.10. The summed E-state index contributed by atoms with van der Waals surface area (Å²) in [5.74, 6) is 1.63. The number of aliphatic imine (C=N–C) groups is 1. The number of rotatable bonds is 9. The summed E-state index contributed by atoms with van der Waals surface area (Å²) < 4.78 is 0. The Morgan fingerprint density at radius 2 is 1.67 bits per heavy atom. The van der Waals surface area contributed by atoms with Gasteiger partial charge in [-0.3, -0.25) is 14.7 Å². The number of carbonyl (C=O) groups is 1. The van der Waals surface area contributed by atoms with Gasteiger partial charge in [-0.25, -0.2) is 9.97 Å². The standard InChI is InChI=1S/C21H38N8O/c1-17(2)29(18(3)4)12-11-24-20(22-5)23-10-7-19(30)27-13-15-28(16-14-27)21-25-8-6-9-26-21/h6,8-9,17-18H,7,10-16H2,1-5H3,(H2,22,23,24). The molecule has 0 bridgehead atoms. The number of hydrogen-bond acceptors (Lipinski definition) is 6. The third-order valence-electron chi connectivity index (χ3n) is 5.31. The number of guanidine groups is 1. The number of carbonyl (C=O) groups excluding carboxylic acids is 1. The van der Waals surface area contributed by atoms with Gasteiger partial charge in [0.25, 0.3) is 0 Å². The lowest BCUT2D eigenvalue weighted by molar-refractivity contribution is -0.131. The van der Waals surface area contributed by atoms with Gasteiger partial charge in [0.15, 0.2) is 5.96 Å². The van der Waals surface area contributed by atoms with Gasteiger partial charge < -0.3 is 20.4 Å². The van der Waals surface area contributed by atoms with Gasteiger partial charge in [-0.05, 0) is 33.8 Å². The molecule has 2 heterocycles. The van der Waals surface area contributed by atoms with Crippen LogP contribution in [0.1, 0.15) is 34.1 Å². The van der Waals surface area contributed by atoms with Crippen molar-refractivity contribution in [3.8, 4) is 0 Å². The SMILES string of the molecule is CN=C(NCCC(=O)N1CCN(c2ncccn2)CC1)NCCN(C(C)C)C(C)C. The monoisotopic (exact) mass is 418 g/mol. The van der Waals surface area contributed by atoms with Crippen LogP contribution < -0.4 is 15.5 Å². The number of aromatic nitrogens is 2. The van der Waals surface area contributed by atoms with Gasteiger partial charge in [0, 0.05) is 83.8 Å². The van der Waals surface area contributed by atoms with Crippen LogP contribution in [0, 0.1) is 0 Å². The minimum Gasteiger partial charge on any atom is -0.356 e. The highest BCUT2D eigenvalue weighted by molar-refractivity contribution is 5.81. The first kappa shape index (κ1) is 23.9. The van der Waals surface area contributed by atoms with E-state index >= 15 is 0 Å². The Morgan fingerprint density at radius 1 is 1.07 bits per heavy atom. The van der Waals surface area contributed by atoms with Gasteiger partial charge in [0.05, 0.1) is 0 Å². The van der Waals surface area contributed by atoms with E-state index in [4.69, 9.17) is 0 Å². The second-order valence-electron chi connectivity index (χ2n) is 8.02. The molecule has 0 atom stereocenters. The number of amides is 1. The Labute approximate surface area is 181 Å². The molecule has 0 unspecified atom stereocenters. The number of hydrogen-bond donors (Lipinski definition) is 2. The topological polar surface area (TPSA) is 89.0 Å². The zero-order valence-electron chi connectivity index (χ0n) is 19.1. The molecule has 1 aromatic rings. The van der Waals surface area contributed by atoms with Crippen LogP contribution in [0.5, 0.6) is 0 Å². The minimum atomic E-state index is 0.164. The number of nitrogens with zero attached hydrogens (tertiary/aromatic N) is 6. The summed E-state index contributed by atoms with van der Waals surface area (Å²) in [6, 6.07) is 2.82. The number of anilines is 1. The fourth-order valence-electron chi connectivity index (χ4n) is 3.69. The molecular weight excluding hydrogens is 380 g/mol. The molecule has 1 aliphatic heterocycles. The van der Waals surface area contributed by atoms with E-state index in [1.54, 1.807) is 19.4 Å². The lowest BCUT2D eigenvalue weighted by Crippen LogP contribution is -2.50. The minimum absolute atomic E-state index is 0.164. The maximum atomic E-state index is 12.5. The van der Waals surface area contributed by atoms with Crippen molar-refractivity contribution in [2.45, 2.75) is 46.2 Å². The summed E-state index contributed by atoms with van der Waals surface area (Å²) in [7, 11) is 1.75. The van der Waals surface area contributed by atoms with E-state index in [2.05, 4.69) is 63.1 Å². The highest BCUT2D eigenvalue weighted by Gasteiger charge is 2.22. The Hall–Kier alpha value is -2.42. The van der Waals surface area contributed by atoms with Gasteiger partial charge in [-0.15, -0.1) is 0 Å². The van der Waals surface area contributed by atoms with Gasteiger partial charge in [0.1, 0.15) is 0 Å². The van der Waals surface area contributed by atoms with Crippen LogP contribution in [-0.4, -0.2) is 96.6 Å². The van der Waals surface area contributed by atoms with Crippen LogP contribution in [-0.2, 0) is 4.79 Å². The Morgan fingerprint density at radius 3 is 2.23 bits per heavy atom. The van der Waals surface area contributed by atoms with Gasteiger partial charge in [-0.2, -0.15) is 0 Å². The Balaban J connectivity index is 1.66. The molecule has 0 spiro atoms. The van der Waals surface area contributed by atoms with Gasteiger partial charge in [0.2, 0.25) is 11.9 Å². The van der Waals surface area contributed by atoms with Crippen LogP contribution in [0.2, 0.25) is 0 Å². The van der Waals surface area contributed by atoms with E-state index in [-0.39, 0.29) is 5.91 Å². The molecule has 9 heteroatoms. The van der Waals surface area contributed by atoms with Gasteiger partial charge >= 0.3 is 0 Å². The molecule has 2 rings (SSSR count). The van der Waals surface area contributed by atoms with Crippen LogP contribution >= 0.6 is 0 Å². The molecule has 0 aliphatic carbocycles. The Bertz CT molecular complexity index is 648. The van der Waals surface area contributed by atoms with E-state index in [1.807, 2.05) is 11.0 Å².